The molecule has 1 aromatic carbocycles. The number of rotatable bonds is 5. The van der Waals surface area contributed by atoms with Crippen LogP contribution in [0.5, 0.6) is 0 Å². The molecule has 0 amide bonds. The van der Waals surface area contributed by atoms with E-state index in [1.54, 1.807) is 17.1 Å². The first-order chi connectivity index (χ1) is 8.65. The van der Waals surface area contributed by atoms with Crippen molar-refractivity contribution in [3.05, 3.63) is 46.2 Å². The molecule has 4 nitrogen and oxygen atoms in total. The third kappa shape index (κ3) is 3.61. The molecule has 0 aliphatic heterocycles. The van der Waals surface area contributed by atoms with E-state index in [1.807, 2.05) is 13.1 Å². The summed E-state index contributed by atoms with van der Waals surface area (Å²) in [5.74, 6) is 0.577. The number of benzene rings is 1. The third-order valence-corrected chi connectivity index (χ3v) is 3.13. The Morgan fingerprint density at radius 2 is 2.28 bits per heavy atom. The van der Waals surface area contributed by atoms with Gasteiger partial charge in [0.1, 0.15) is 12.1 Å². The van der Waals surface area contributed by atoms with E-state index in [-0.39, 0.29) is 5.82 Å². The summed E-state index contributed by atoms with van der Waals surface area (Å²) >= 11 is 3.13. The van der Waals surface area contributed by atoms with Gasteiger partial charge in [-0.2, -0.15) is 5.10 Å². The predicted molar refractivity (Wildman–Crippen MR) is 70.5 cm³/mol. The minimum absolute atomic E-state index is 0.235. The van der Waals surface area contributed by atoms with Crippen LogP contribution in [0.2, 0.25) is 0 Å². The molecule has 0 saturated carbocycles. The van der Waals surface area contributed by atoms with E-state index in [9.17, 15) is 4.39 Å². The van der Waals surface area contributed by atoms with Crippen molar-refractivity contribution in [2.45, 2.75) is 13.0 Å². The molecule has 18 heavy (non-hydrogen) atoms. The summed E-state index contributed by atoms with van der Waals surface area (Å²) in [7, 11) is 1.84. The van der Waals surface area contributed by atoms with Crippen molar-refractivity contribution in [3.63, 3.8) is 0 Å². The van der Waals surface area contributed by atoms with Crippen LogP contribution in [0, 0.1) is 5.82 Å². The van der Waals surface area contributed by atoms with E-state index in [1.165, 1.54) is 6.07 Å². The van der Waals surface area contributed by atoms with Gasteiger partial charge in [0, 0.05) is 26.6 Å². The van der Waals surface area contributed by atoms with E-state index in [0.717, 1.165) is 24.4 Å². The molecule has 96 valence electrons. The van der Waals surface area contributed by atoms with Crippen molar-refractivity contribution in [1.82, 2.24) is 20.1 Å². The average molecular weight is 313 g/mol. The van der Waals surface area contributed by atoms with Gasteiger partial charge >= 0.3 is 0 Å². The van der Waals surface area contributed by atoms with Crippen LogP contribution in [-0.2, 0) is 20.0 Å². The summed E-state index contributed by atoms with van der Waals surface area (Å²) in [6.45, 7) is 1.40. The summed E-state index contributed by atoms with van der Waals surface area (Å²) in [5.41, 5.74) is 0.921. The molecule has 1 N–H and O–H groups in total. The van der Waals surface area contributed by atoms with E-state index < -0.39 is 0 Å². The van der Waals surface area contributed by atoms with Crippen LogP contribution in [0.4, 0.5) is 4.39 Å². The van der Waals surface area contributed by atoms with Gasteiger partial charge in [0.25, 0.3) is 0 Å². The van der Waals surface area contributed by atoms with Crippen molar-refractivity contribution in [2.24, 2.45) is 7.05 Å². The number of aromatic nitrogens is 3. The highest BCUT2D eigenvalue weighted by atomic mass is 79.9. The Morgan fingerprint density at radius 1 is 1.44 bits per heavy atom. The zero-order valence-corrected chi connectivity index (χ0v) is 11.6. The number of halogens is 2. The highest BCUT2D eigenvalue weighted by Gasteiger charge is 2.01. The first kappa shape index (κ1) is 13.2. The van der Waals surface area contributed by atoms with Crippen molar-refractivity contribution in [3.8, 4) is 0 Å². The molecule has 6 heteroatoms. The maximum atomic E-state index is 13.3. The van der Waals surface area contributed by atoms with Gasteiger partial charge in [0.05, 0.1) is 4.47 Å². The summed E-state index contributed by atoms with van der Waals surface area (Å²) < 4.78 is 15.4. The number of nitrogens with zero attached hydrogens (tertiary/aromatic N) is 3. The molecule has 2 rings (SSSR count). The topological polar surface area (TPSA) is 42.7 Å². The van der Waals surface area contributed by atoms with E-state index >= 15 is 0 Å². The second kappa shape index (κ2) is 6.06. The standard InChI is InChI=1S/C12H14BrFN4/c1-18-8-16-12(17-18)4-5-15-7-9-2-3-10(13)11(14)6-9/h2-3,6,8,15H,4-5,7H2,1H3. The van der Waals surface area contributed by atoms with Gasteiger partial charge in [0.2, 0.25) is 0 Å². The molecule has 0 unspecified atom stereocenters. The highest BCUT2D eigenvalue weighted by Crippen LogP contribution is 2.16. The van der Waals surface area contributed by atoms with Gasteiger partial charge in [-0.15, -0.1) is 0 Å². The Hall–Kier alpha value is -1.27. The van der Waals surface area contributed by atoms with Crippen LogP contribution < -0.4 is 5.32 Å². The van der Waals surface area contributed by atoms with Crippen LogP contribution in [0.3, 0.4) is 0 Å². The zero-order valence-electron chi connectivity index (χ0n) is 10.0. The number of hydrogen-bond acceptors (Lipinski definition) is 3. The van der Waals surface area contributed by atoms with Crippen LogP contribution in [0.25, 0.3) is 0 Å². The van der Waals surface area contributed by atoms with Gasteiger partial charge in [-0.05, 0) is 33.6 Å². The molecule has 1 heterocycles. The first-order valence-corrected chi connectivity index (χ1v) is 6.43. The van der Waals surface area contributed by atoms with Crippen molar-refractivity contribution in [1.29, 1.82) is 0 Å². The molecular weight excluding hydrogens is 299 g/mol. The fourth-order valence-corrected chi connectivity index (χ4v) is 1.83. The van der Waals surface area contributed by atoms with Gasteiger partial charge in [0.15, 0.2) is 5.82 Å². The summed E-state index contributed by atoms with van der Waals surface area (Å²) in [5, 5.41) is 7.42. The van der Waals surface area contributed by atoms with Crippen molar-refractivity contribution >= 4 is 15.9 Å². The fraction of sp³-hybridized carbons (Fsp3) is 0.333. The fourth-order valence-electron chi connectivity index (χ4n) is 1.58. The van der Waals surface area contributed by atoms with Crippen LogP contribution in [-0.4, -0.2) is 21.3 Å². The second-order valence-electron chi connectivity index (χ2n) is 4.01. The van der Waals surface area contributed by atoms with E-state index in [2.05, 4.69) is 31.3 Å². The molecule has 0 aliphatic carbocycles. The number of hydrogen-bond donors (Lipinski definition) is 1. The Kier molecular flexibility index (Phi) is 4.43. The average Bonchev–Trinajstić information content (AvgIpc) is 2.75. The normalized spacial score (nSPS) is 10.8. The lowest BCUT2D eigenvalue weighted by Crippen LogP contribution is -2.17. The molecule has 0 fully saturated rings. The third-order valence-electron chi connectivity index (χ3n) is 2.49. The van der Waals surface area contributed by atoms with E-state index in [0.29, 0.717) is 11.0 Å². The Balaban J connectivity index is 1.76. The van der Waals surface area contributed by atoms with Crippen molar-refractivity contribution < 1.29 is 4.39 Å². The van der Waals surface area contributed by atoms with Gasteiger partial charge < -0.3 is 5.32 Å². The molecule has 0 aliphatic rings. The summed E-state index contributed by atoms with van der Waals surface area (Å²) in [6, 6.07) is 5.13. The predicted octanol–water partition coefficient (Wildman–Crippen LogP) is 2.05. The van der Waals surface area contributed by atoms with Gasteiger partial charge in [-0.3, -0.25) is 4.68 Å². The lowest BCUT2D eigenvalue weighted by atomic mass is 10.2. The Morgan fingerprint density at radius 3 is 2.94 bits per heavy atom. The largest absolute Gasteiger partial charge is 0.312 e. The van der Waals surface area contributed by atoms with Crippen LogP contribution in [0.1, 0.15) is 11.4 Å². The summed E-state index contributed by atoms with van der Waals surface area (Å²) in [6.07, 6.45) is 2.44. The molecule has 0 saturated heterocycles. The maximum Gasteiger partial charge on any atom is 0.151 e. The van der Waals surface area contributed by atoms with Crippen LogP contribution in [0.15, 0.2) is 29.0 Å². The minimum atomic E-state index is -0.235. The highest BCUT2D eigenvalue weighted by molar-refractivity contribution is 9.10. The number of nitrogens with one attached hydrogen (secondary N) is 1. The van der Waals surface area contributed by atoms with Gasteiger partial charge in [-0.25, -0.2) is 9.37 Å². The first-order valence-electron chi connectivity index (χ1n) is 5.64. The SMILES string of the molecule is Cn1cnc(CCNCc2ccc(Br)c(F)c2)n1. The molecule has 0 atom stereocenters. The molecule has 2 aromatic rings. The smallest absolute Gasteiger partial charge is 0.151 e. The quantitative estimate of drug-likeness (QED) is 0.859. The molecule has 1 aromatic heterocycles. The number of aryl methyl sites for hydroxylation is 1. The lowest BCUT2D eigenvalue weighted by Gasteiger charge is -2.04. The monoisotopic (exact) mass is 312 g/mol. The maximum absolute atomic E-state index is 13.3. The molecule has 0 radical (unpaired) electrons. The summed E-state index contributed by atoms with van der Waals surface area (Å²) in [4.78, 5) is 4.13. The van der Waals surface area contributed by atoms with Crippen molar-refractivity contribution in [2.75, 3.05) is 6.54 Å². The molecule has 0 spiro atoms. The second-order valence-corrected chi connectivity index (χ2v) is 4.86. The minimum Gasteiger partial charge on any atom is -0.312 e. The van der Waals surface area contributed by atoms with E-state index in [4.69, 9.17) is 0 Å². The van der Waals surface area contributed by atoms with Crippen LogP contribution >= 0.6 is 15.9 Å². The van der Waals surface area contributed by atoms with Gasteiger partial charge in [-0.1, -0.05) is 6.07 Å². The molecular formula is C12H14BrFN4. The Labute approximate surface area is 113 Å². The Bertz CT molecular complexity index is 527. The molecule has 0 bridgehead atoms. The zero-order chi connectivity index (χ0) is 13.0. The lowest BCUT2D eigenvalue weighted by molar-refractivity contribution is 0.612.